The van der Waals surface area contributed by atoms with E-state index in [0.29, 0.717) is 0 Å². The minimum Gasteiger partial charge on any atom is -0.343 e. The van der Waals surface area contributed by atoms with E-state index in [4.69, 9.17) is 0 Å². The molecule has 0 bridgehead atoms. The molecule has 0 aromatic rings. The zero-order valence-electron chi connectivity index (χ0n) is 6.89. The summed E-state index contributed by atoms with van der Waals surface area (Å²) >= 11 is 0. The molecule has 62 valence electrons. The second-order valence-corrected chi connectivity index (χ2v) is 2.26. The summed E-state index contributed by atoms with van der Waals surface area (Å²) in [6.07, 6.45) is 3.06. The van der Waals surface area contributed by atoms with Crippen LogP contribution >= 0.6 is 0 Å². The molecule has 0 heterocycles. The molecule has 0 atom stereocenters. The molecule has 0 aliphatic rings. The SMILES string of the molecule is C[CH-]C.[CH2-]CC(C)C.[Dy]. The summed E-state index contributed by atoms with van der Waals surface area (Å²) in [5.41, 5.74) is 0. The van der Waals surface area contributed by atoms with Crippen LogP contribution in [0.5, 0.6) is 0 Å². The second-order valence-electron chi connectivity index (χ2n) is 2.26. The van der Waals surface area contributed by atoms with Crippen LogP contribution in [0.3, 0.4) is 0 Å². The Hall–Kier alpha value is 1.27. The van der Waals surface area contributed by atoms with Gasteiger partial charge in [-0.3, -0.25) is 0 Å². The van der Waals surface area contributed by atoms with E-state index in [1.165, 1.54) is 0 Å². The Morgan fingerprint density at radius 3 is 1.44 bits per heavy atom. The third kappa shape index (κ3) is 45.8. The zero-order chi connectivity index (χ0) is 6.99. The summed E-state index contributed by atoms with van der Waals surface area (Å²) in [5.74, 6) is 0.773. The summed E-state index contributed by atoms with van der Waals surface area (Å²) in [7, 11) is 0. The van der Waals surface area contributed by atoms with Crippen molar-refractivity contribution < 1.29 is 38.2 Å². The first-order chi connectivity index (χ1) is 3.68. The Balaban J connectivity index is -0.0000000800. The van der Waals surface area contributed by atoms with Crippen LogP contribution in [0.2, 0.25) is 0 Å². The van der Waals surface area contributed by atoms with E-state index >= 15 is 0 Å². The predicted molar refractivity (Wildman–Crippen MR) is 40.5 cm³/mol. The molecule has 0 N–H and O–H groups in total. The molecule has 0 radical (unpaired) electrons. The van der Waals surface area contributed by atoms with Crippen LogP contribution in [-0.4, -0.2) is 0 Å². The summed E-state index contributed by atoms with van der Waals surface area (Å²) in [6.45, 7) is 12.0. The summed E-state index contributed by atoms with van der Waals surface area (Å²) in [5, 5.41) is 0. The average molecular weight is 277 g/mol. The molecule has 0 aliphatic carbocycles. The Bertz CT molecular complexity index is 25.7. The van der Waals surface area contributed by atoms with Crippen molar-refractivity contribution in [1.82, 2.24) is 0 Å². The Labute approximate surface area is 90.8 Å². The van der Waals surface area contributed by atoms with Crippen LogP contribution in [-0.2, 0) is 0 Å². The van der Waals surface area contributed by atoms with Crippen LogP contribution in [0.1, 0.15) is 34.1 Å². The van der Waals surface area contributed by atoms with Crippen LogP contribution in [0.15, 0.2) is 0 Å². The zero-order valence-corrected chi connectivity index (χ0v) is 8.91. The van der Waals surface area contributed by atoms with Crippen molar-refractivity contribution in [2.24, 2.45) is 5.92 Å². The van der Waals surface area contributed by atoms with E-state index in [9.17, 15) is 0 Å². The van der Waals surface area contributed by atoms with Crippen molar-refractivity contribution in [2.75, 3.05) is 0 Å². The van der Waals surface area contributed by atoms with Crippen molar-refractivity contribution >= 4 is 0 Å². The third-order valence-electron chi connectivity index (χ3n) is 0.577. The molecule has 0 aliphatic heterocycles. The van der Waals surface area contributed by atoms with E-state index < -0.39 is 0 Å². The largest absolute Gasteiger partial charge is 0.343 e. The van der Waals surface area contributed by atoms with Gasteiger partial charge in [-0.2, -0.15) is 20.3 Å². The van der Waals surface area contributed by atoms with Crippen molar-refractivity contribution in [1.29, 1.82) is 0 Å². The molecule has 0 aromatic heterocycles. The van der Waals surface area contributed by atoms with Gasteiger partial charge in [0.2, 0.25) is 0 Å². The summed E-state index contributed by atoms with van der Waals surface area (Å²) < 4.78 is 0. The first kappa shape index (κ1) is 16.7. The van der Waals surface area contributed by atoms with E-state index in [-0.39, 0.29) is 38.2 Å². The van der Waals surface area contributed by atoms with E-state index in [0.717, 1.165) is 12.3 Å². The van der Waals surface area contributed by atoms with Gasteiger partial charge in [-0.05, 0) is 0 Å². The van der Waals surface area contributed by atoms with Crippen LogP contribution in [0, 0.1) is 57.4 Å². The molecule has 0 aromatic carbocycles. The molecule has 0 spiro atoms. The molecule has 1 heteroatoms. The van der Waals surface area contributed by atoms with E-state index in [1.807, 2.05) is 20.3 Å². The van der Waals surface area contributed by atoms with Crippen molar-refractivity contribution in [3.8, 4) is 0 Å². The average Bonchev–Trinajstić information content (AvgIpc) is 1.69. The Morgan fingerprint density at radius 2 is 1.44 bits per heavy atom. The maximum atomic E-state index is 3.69. The number of rotatable bonds is 1. The van der Waals surface area contributed by atoms with Gasteiger partial charge >= 0.3 is 0 Å². The van der Waals surface area contributed by atoms with E-state index in [1.54, 1.807) is 0 Å². The van der Waals surface area contributed by atoms with Gasteiger partial charge in [0.05, 0.1) is 0 Å². The maximum Gasteiger partial charge on any atom is 0 e. The van der Waals surface area contributed by atoms with Gasteiger partial charge in [0, 0.05) is 38.2 Å². The Morgan fingerprint density at radius 1 is 1.33 bits per heavy atom. The molecular weight excluding hydrogens is 259 g/mol. The van der Waals surface area contributed by atoms with Crippen molar-refractivity contribution in [3.63, 3.8) is 0 Å². The van der Waals surface area contributed by atoms with Gasteiger partial charge in [-0.1, -0.05) is 19.8 Å². The molecular formula is C8H18Dy-2. The van der Waals surface area contributed by atoms with Gasteiger partial charge in [-0.15, -0.1) is 0 Å². The van der Waals surface area contributed by atoms with Crippen LogP contribution < -0.4 is 0 Å². The monoisotopic (exact) mass is 278 g/mol. The molecule has 0 nitrogen and oxygen atoms in total. The topological polar surface area (TPSA) is 0 Å². The van der Waals surface area contributed by atoms with Crippen LogP contribution in [0.25, 0.3) is 0 Å². The fraction of sp³-hybridized carbons (Fsp3) is 0.750. The van der Waals surface area contributed by atoms with Crippen molar-refractivity contribution in [3.05, 3.63) is 13.3 Å². The normalized spacial score (nSPS) is 7.33. The van der Waals surface area contributed by atoms with Gasteiger partial charge in [0.1, 0.15) is 0 Å². The molecule has 0 saturated heterocycles. The first-order valence-electron chi connectivity index (χ1n) is 3.22. The first-order valence-corrected chi connectivity index (χ1v) is 3.22. The fourth-order valence-electron chi connectivity index (χ4n) is 0. The minimum absolute atomic E-state index is 0. The molecule has 0 rings (SSSR count). The fourth-order valence-corrected chi connectivity index (χ4v) is 0. The minimum atomic E-state index is 0. The number of hydrogen-bond acceptors (Lipinski definition) is 0. The quantitative estimate of drug-likeness (QED) is 0.646. The van der Waals surface area contributed by atoms with E-state index in [2.05, 4.69) is 20.8 Å². The second kappa shape index (κ2) is 16.1. The molecule has 0 fully saturated rings. The third-order valence-corrected chi connectivity index (χ3v) is 0.577. The van der Waals surface area contributed by atoms with Gasteiger partial charge in [0.15, 0.2) is 0 Å². The molecule has 0 saturated carbocycles. The van der Waals surface area contributed by atoms with Crippen LogP contribution in [0.4, 0.5) is 0 Å². The van der Waals surface area contributed by atoms with Gasteiger partial charge in [-0.25, -0.2) is 0 Å². The predicted octanol–water partition coefficient (Wildman–Crippen LogP) is 3.10. The summed E-state index contributed by atoms with van der Waals surface area (Å²) in [6, 6.07) is 0. The maximum absolute atomic E-state index is 3.69. The smallest absolute Gasteiger partial charge is 0 e. The number of hydrogen-bond donors (Lipinski definition) is 0. The standard InChI is InChI=1S/C5H11.C3H7.Dy/c1-4-5(2)3;1-3-2;/h5H,1,4H2,2-3H3;3H,1-2H3;/q2*-1;. The van der Waals surface area contributed by atoms with Gasteiger partial charge in [0.25, 0.3) is 0 Å². The van der Waals surface area contributed by atoms with Crippen molar-refractivity contribution in [2.45, 2.75) is 34.1 Å². The molecule has 9 heavy (non-hydrogen) atoms. The Kier molecular flexibility index (Phi) is 29.9. The molecule has 0 unspecified atom stereocenters. The summed E-state index contributed by atoms with van der Waals surface area (Å²) in [4.78, 5) is 0. The molecule has 0 amide bonds. The van der Waals surface area contributed by atoms with Gasteiger partial charge < -0.3 is 13.3 Å².